The minimum atomic E-state index is -3.51. The summed E-state index contributed by atoms with van der Waals surface area (Å²) in [6, 6.07) is 13.2. The summed E-state index contributed by atoms with van der Waals surface area (Å²) in [6.07, 6.45) is 2.88. The fourth-order valence-electron chi connectivity index (χ4n) is 4.01. The van der Waals surface area contributed by atoms with Crippen molar-refractivity contribution in [1.82, 2.24) is 19.2 Å². The van der Waals surface area contributed by atoms with Crippen molar-refractivity contribution in [2.24, 2.45) is 0 Å². The molecule has 1 N–H and O–H groups in total. The van der Waals surface area contributed by atoms with Crippen LogP contribution in [0.4, 0.5) is 0 Å². The fourth-order valence-corrected chi connectivity index (χ4v) is 6.45. The Bertz CT molecular complexity index is 1230. The summed E-state index contributed by atoms with van der Waals surface area (Å²) in [5.41, 5.74) is 3.75. The Kier molecular flexibility index (Phi) is 7.41. The van der Waals surface area contributed by atoms with Crippen LogP contribution in [0.3, 0.4) is 0 Å². The Morgan fingerprint density at radius 1 is 1.09 bits per heavy atom. The molecule has 0 unspecified atom stereocenters. The first kappa shape index (κ1) is 23.8. The molecular weight excluding hydrogens is 456 g/mol. The molecular formula is C24H30N4O3S2. The molecule has 2 heterocycles. The van der Waals surface area contributed by atoms with Crippen molar-refractivity contribution in [1.29, 1.82) is 0 Å². The van der Waals surface area contributed by atoms with Gasteiger partial charge in [-0.25, -0.2) is 13.4 Å². The number of nitrogens with one attached hydrogen (secondary N) is 1. The van der Waals surface area contributed by atoms with E-state index in [0.29, 0.717) is 36.9 Å². The smallest absolute Gasteiger partial charge is 0.243 e. The highest BCUT2D eigenvalue weighted by molar-refractivity contribution is 7.99. The quantitative estimate of drug-likeness (QED) is 0.488. The maximum absolute atomic E-state index is 13.0. The van der Waals surface area contributed by atoms with E-state index in [-0.39, 0.29) is 16.6 Å². The van der Waals surface area contributed by atoms with Crippen LogP contribution in [0.15, 0.2) is 52.5 Å². The molecule has 2 aromatic carbocycles. The third-order valence-electron chi connectivity index (χ3n) is 5.90. The number of fused-ring (bicyclic) bond motifs is 1. The van der Waals surface area contributed by atoms with Crippen molar-refractivity contribution in [2.75, 3.05) is 18.8 Å². The lowest BCUT2D eigenvalue weighted by molar-refractivity contribution is -0.118. The number of aryl methyl sites for hydroxylation is 2. The lowest BCUT2D eigenvalue weighted by atomic mass is 10.1. The van der Waals surface area contributed by atoms with Gasteiger partial charge in [0.25, 0.3) is 0 Å². The monoisotopic (exact) mass is 486 g/mol. The summed E-state index contributed by atoms with van der Waals surface area (Å²) < 4.78 is 29.7. The summed E-state index contributed by atoms with van der Waals surface area (Å²) in [5.74, 6) is 0.178. The number of imidazole rings is 1. The molecule has 0 atom stereocenters. The first-order valence-electron chi connectivity index (χ1n) is 11.3. The van der Waals surface area contributed by atoms with E-state index in [2.05, 4.69) is 10.3 Å². The van der Waals surface area contributed by atoms with Crippen LogP contribution in [0.5, 0.6) is 0 Å². The molecule has 1 aliphatic heterocycles. The van der Waals surface area contributed by atoms with Gasteiger partial charge in [0.15, 0.2) is 5.16 Å². The number of aromatic nitrogens is 2. The summed E-state index contributed by atoms with van der Waals surface area (Å²) in [6.45, 7) is 6.36. The molecule has 1 fully saturated rings. The van der Waals surface area contributed by atoms with Crippen LogP contribution >= 0.6 is 11.8 Å². The minimum Gasteiger partial charge on any atom is -0.351 e. The molecule has 33 heavy (non-hydrogen) atoms. The number of nitrogens with zero attached hydrogens (tertiary/aromatic N) is 3. The first-order valence-corrected chi connectivity index (χ1v) is 13.8. The topological polar surface area (TPSA) is 84.3 Å². The number of hydrogen-bond donors (Lipinski definition) is 1. The van der Waals surface area contributed by atoms with E-state index in [1.165, 1.54) is 17.3 Å². The maximum atomic E-state index is 13.0. The van der Waals surface area contributed by atoms with Gasteiger partial charge in [-0.15, -0.1) is 0 Å². The molecule has 1 saturated heterocycles. The van der Waals surface area contributed by atoms with E-state index < -0.39 is 10.0 Å². The van der Waals surface area contributed by atoms with Gasteiger partial charge in [-0.2, -0.15) is 4.31 Å². The minimum absolute atomic E-state index is 0.0661. The first-order chi connectivity index (χ1) is 15.9. The van der Waals surface area contributed by atoms with E-state index >= 15 is 0 Å². The van der Waals surface area contributed by atoms with Crippen molar-refractivity contribution in [3.8, 4) is 0 Å². The Labute approximate surface area is 199 Å². The summed E-state index contributed by atoms with van der Waals surface area (Å²) in [7, 11) is -3.51. The molecule has 0 bridgehead atoms. The summed E-state index contributed by atoms with van der Waals surface area (Å²) >= 11 is 1.36. The lowest BCUT2D eigenvalue weighted by Gasteiger charge is -2.25. The Morgan fingerprint density at radius 3 is 2.52 bits per heavy atom. The van der Waals surface area contributed by atoms with Crippen LogP contribution in [-0.4, -0.2) is 47.0 Å². The molecule has 176 valence electrons. The van der Waals surface area contributed by atoms with Gasteiger partial charge in [0, 0.05) is 26.2 Å². The molecule has 0 radical (unpaired) electrons. The van der Waals surface area contributed by atoms with Crippen LogP contribution in [0.25, 0.3) is 11.0 Å². The van der Waals surface area contributed by atoms with E-state index in [1.807, 2.05) is 48.7 Å². The van der Waals surface area contributed by atoms with Gasteiger partial charge in [0.05, 0.1) is 21.7 Å². The van der Waals surface area contributed by atoms with Crippen molar-refractivity contribution in [3.63, 3.8) is 0 Å². The van der Waals surface area contributed by atoms with Gasteiger partial charge in [-0.05, 0) is 50.5 Å². The number of rotatable bonds is 8. The van der Waals surface area contributed by atoms with Crippen molar-refractivity contribution in [2.45, 2.75) is 56.3 Å². The van der Waals surface area contributed by atoms with E-state index in [9.17, 15) is 13.2 Å². The third-order valence-corrected chi connectivity index (χ3v) is 8.77. The molecule has 1 aliphatic rings. The fraction of sp³-hybridized carbons (Fsp3) is 0.417. The number of amides is 1. The molecule has 3 aromatic rings. The van der Waals surface area contributed by atoms with E-state index in [0.717, 1.165) is 30.3 Å². The standard InChI is InChI=1S/C24H30N4O3S2/c1-3-28-22-12-11-20(33(30,31)27-13-5-4-6-14-27)15-21(22)26-24(28)32-17-23(29)25-16-19-9-7-18(2)8-10-19/h7-12,15H,3-6,13-14,16-17H2,1-2H3,(H,25,29). The Balaban J connectivity index is 1.46. The Morgan fingerprint density at radius 2 is 1.82 bits per heavy atom. The van der Waals surface area contributed by atoms with Crippen molar-refractivity contribution >= 4 is 38.7 Å². The molecule has 4 rings (SSSR count). The molecule has 1 aromatic heterocycles. The van der Waals surface area contributed by atoms with Gasteiger partial charge in [-0.1, -0.05) is 48.0 Å². The second-order valence-corrected chi connectivity index (χ2v) is 11.2. The predicted molar refractivity (Wildman–Crippen MR) is 132 cm³/mol. The van der Waals surface area contributed by atoms with E-state index in [1.54, 1.807) is 16.4 Å². The number of piperidine rings is 1. The van der Waals surface area contributed by atoms with Crippen LogP contribution < -0.4 is 5.32 Å². The van der Waals surface area contributed by atoms with Crippen molar-refractivity contribution in [3.05, 3.63) is 53.6 Å². The van der Waals surface area contributed by atoms with Crippen LogP contribution in [-0.2, 0) is 27.9 Å². The zero-order valence-electron chi connectivity index (χ0n) is 19.1. The number of hydrogen-bond acceptors (Lipinski definition) is 5. The van der Waals surface area contributed by atoms with E-state index in [4.69, 9.17) is 0 Å². The molecule has 0 spiro atoms. The highest BCUT2D eigenvalue weighted by atomic mass is 32.2. The largest absolute Gasteiger partial charge is 0.351 e. The highest BCUT2D eigenvalue weighted by Gasteiger charge is 2.26. The number of thioether (sulfide) groups is 1. The highest BCUT2D eigenvalue weighted by Crippen LogP contribution is 2.28. The second-order valence-electron chi connectivity index (χ2n) is 8.30. The molecule has 9 heteroatoms. The van der Waals surface area contributed by atoms with Gasteiger partial charge in [-0.3, -0.25) is 4.79 Å². The maximum Gasteiger partial charge on any atom is 0.243 e. The second kappa shape index (κ2) is 10.3. The van der Waals surface area contributed by atoms with Crippen molar-refractivity contribution < 1.29 is 13.2 Å². The average Bonchev–Trinajstić information content (AvgIpc) is 3.19. The van der Waals surface area contributed by atoms with Gasteiger partial charge in [0.1, 0.15) is 0 Å². The van der Waals surface area contributed by atoms with Gasteiger partial charge < -0.3 is 9.88 Å². The SMILES string of the molecule is CCn1c(SCC(=O)NCc2ccc(C)cc2)nc2cc(S(=O)(=O)N3CCCCC3)ccc21. The molecule has 7 nitrogen and oxygen atoms in total. The lowest BCUT2D eigenvalue weighted by Crippen LogP contribution is -2.35. The number of carbonyl (C=O) groups excluding carboxylic acids is 1. The Hall–Kier alpha value is -2.36. The van der Waals surface area contributed by atoms with Crippen LogP contribution in [0, 0.1) is 6.92 Å². The van der Waals surface area contributed by atoms with Gasteiger partial charge >= 0.3 is 0 Å². The normalized spacial score (nSPS) is 15.1. The van der Waals surface area contributed by atoms with Crippen LogP contribution in [0.2, 0.25) is 0 Å². The zero-order valence-corrected chi connectivity index (χ0v) is 20.7. The zero-order chi connectivity index (χ0) is 23.4. The number of carbonyl (C=O) groups is 1. The molecule has 0 aliphatic carbocycles. The number of sulfonamides is 1. The summed E-state index contributed by atoms with van der Waals surface area (Å²) in [5, 5.41) is 3.66. The molecule has 0 saturated carbocycles. The van der Waals surface area contributed by atoms with Gasteiger partial charge in [0.2, 0.25) is 15.9 Å². The molecule has 1 amide bonds. The summed E-state index contributed by atoms with van der Waals surface area (Å²) in [4.78, 5) is 17.3. The van der Waals surface area contributed by atoms with Crippen LogP contribution in [0.1, 0.15) is 37.3 Å². The third kappa shape index (κ3) is 5.42. The number of benzene rings is 2. The predicted octanol–water partition coefficient (Wildman–Crippen LogP) is 3.95. The average molecular weight is 487 g/mol.